The van der Waals surface area contributed by atoms with Crippen LogP contribution in [0.2, 0.25) is 0 Å². The zero-order chi connectivity index (χ0) is 52.1. The van der Waals surface area contributed by atoms with Crippen LogP contribution in [-0.4, -0.2) is 138 Å². The predicted octanol–water partition coefficient (Wildman–Crippen LogP) is 5.23. The summed E-state index contributed by atoms with van der Waals surface area (Å²) in [6.45, 7) is 14.5. The average Bonchev–Trinajstić information content (AvgIpc) is 3.97. The molecular weight excluding hydrogens is 937 g/mol. The number of benzene rings is 2. The number of nitrogens with one attached hydrogen (secondary N) is 3. The van der Waals surface area contributed by atoms with Gasteiger partial charge in [-0.2, -0.15) is 0 Å². The van der Waals surface area contributed by atoms with Gasteiger partial charge in [-0.15, -0.1) is 0 Å². The van der Waals surface area contributed by atoms with Gasteiger partial charge in [0.1, 0.15) is 42.3 Å². The highest BCUT2D eigenvalue weighted by molar-refractivity contribution is 5.99. The lowest BCUT2D eigenvalue weighted by Crippen LogP contribution is -2.61. The first-order valence-corrected chi connectivity index (χ1v) is 26.2. The molecule has 398 valence electrons. The molecule has 0 spiro atoms. The third kappa shape index (κ3) is 14.4. The summed E-state index contributed by atoms with van der Waals surface area (Å²) < 4.78 is 43.6. The van der Waals surface area contributed by atoms with E-state index < -0.39 is 102 Å². The molecule has 4 saturated heterocycles. The lowest BCUT2D eigenvalue weighted by atomic mass is 9.72. The summed E-state index contributed by atoms with van der Waals surface area (Å²) in [4.78, 5) is 76.1. The van der Waals surface area contributed by atoms with E-state index in [2.05, 4.69) is 25.8 Å². The minimum absolute atomic E-state index is 0.0284. The number of nitrogens with two attached hydrogens (primary N) is 1. The number of hydrogen-bond acceptors (Lipinski definition) is 14. The van der Waals surface area contributed by atoms with Crippen LogP contribution < -0.4 is 21.7 Å². The van der Waals surface area contributed by atoms with E-state index in [0.717, 1.165) is 36.6 Å². The van der Waals surface area contributed by atoms with Gasteiger partial charge in [0.05, 0.1) is 30.6 Å². The van der Waals surface area contributed by atoms with Crippen LogP contribution >= 0.6 is 0 Å². The molecule has 5 aliphatic rings. The lowest BCUT2D eigenvalue weighted by molar-refractivity contribution is -0.236. The summed E-state index contributed by atoms with van der Waals surface area (Å²) in [5.41, 5.74) is 6.69. The summed E-state index contributed by atoms with van der Waals surface area (Å²) in [5, 5.41) is 9.83. The van der Waals surface area contributed by atoms with Gasteiger partial charge in [-0.05, 0) is 110 Å². The Morgan fingerprint density at radius 1 is 0.863 bits per heavy atom. The van der Waals surface area contributed by atoms with Gasteiger partial charge in [-0.1, -0.05) is 73.9 Å². The molecule has 0 bridgehead atoms. The largest absolute Gasteiger partial charge is 0.459 e. The summed E-state index contributed by atoms with van der Waals surface area (Å²) >= 11 is 0. The minimum atomic E-state index is -1.40. The number of pyridine rings is 1. The normalized spacial score (nSPS) is 27.8. The lowest BCUT2D eigenvalue weighted by Gasteiger charge is -2.47. The zero-order valence-corrected chi connectivity index (χ0v) is 43.5. The second-order valence-corrected chi connectivity index (χ2v) is 22.4. The number of fused-ring (bicyclic) bond motifs is 3. The Bertz CT molecular complexity index is 2410. The van der Waals surface area contributed by atoms with E-state index in [0.29, 0.717) is 49.8 Å². The standard InChI is InChI=1S/C55H76N6O12/c1-53(2,3)60-51(66)41-28-35-20-11-12-21-36(35)30-61(41)31-42(69-45(63)23-15-16-26-67-47-46(43-32-68-54(4,5)71-43)70-52-48(47)72-55(6,7)73-52)39(27-33-17-9-8-10-18-33)58-50(65)40(29-44(56)62)59-49(64)38-25-24-34-19-13-14-22-37(34)57-38/h8-10,13-14,17-19,22,24-25,35-36,39-43,46-48,52H,11-12,15-16,20-21,23,26-32H2,1-7H3,(H2,56,62)(H,58,65)(H,59,64)(H,60,66)/t35-,36+,39-,40-,41-,42+,43+,46+,47-,48+,52+/m0/s1. The quantitative estimate of drug-likeness (QED) is 0.0841. The maximum Gasteiger partial charge on any atom is 0.306 e. The number of esters is 1. The van der Waals surface area contributed by atoms with Crippen LogP contribution in [0.3, 0.4) is 0 Å². The molecule has 73 heavy (non-hydrogen) atoms. The molecule has 1 saturated carbocycles. The van der Waals surface area contributed by atoms with Crippen LogP contribution in [0.15, 0.2) is 66.7 Å². The number of rotatable bonds is 20. The number of carbonyl (C=O) groups is 5. The van der Waals surface area contributed by atoms with Crippen molar-refractivity contribution in [1.82, 2.24) is 25.8 Å². The number of piperidine rings is 1. The molecule has 4 aliphatic heterocycles. The highest BCUT2D eigenvalue weighted by Gasteiger charge is 2.59. The summed E-state index contributed by atoms with van der Waals surface area (Å²) in [6, 6.07) is 17.3. The Hall–Kier alpha value is -5.08. The van der Waals surface area contributed by atoms with Crippen LogP contribution in [0.25, 0.3) is 10.9 Å². The number of amides is 4. The third-order valence-corrected chi connectivity index (χ3v) is 14.4. The number of carbonyl (C=O) groups excluding carboxylic acids is 5. The smallest absolute Gasteiger partial charge is 0.306 e. The SMILES string of the molecule is CC(C)(C)NC(=O)[C@@H]1C[C@@H]2CCCC[C@@H]2CN1C[C@@H](OC(=O)CCCCO[C@@H]1[C@H]2OC(C)(C)O[C@H]2O[C@@H]1[C@H]1COC(C)(C)O1)[C@H](Cc1ccccc1)NC(=O)[C@H](CC(N)=O)NC(=O)c1ccc2ccccc2n1. The molecule has 3 aromatic rings. The molecule has 11 atom stereocenters. The molecule has 18 nitrogen and oxygen atoms in total. The van der Waals surface area contributed by atoms with E-state index >= 15 is 0 Å². The molecule has 5 N–H and O–H groups in total. The molecule has 0 unspecified atom stereocenters. The maximum absolute atomic E-state index is 14.6. The van der Waals surface area contributed by atoms with E-state index in [9.17, 15) is 24.0 Å². The van der Waals surface area contributed by atoms with Crippen molar-refractivity contribution in [3.8, 4) is 0 Å². The monoisotopic (exact) mass is 1010 g/mol. The van der Waals surface area contributed by atoms with Gasteiger partial charge in [0.25, 0.3) is 5.91 Å². The molecule has 2 aromatic carbocycles. The second kappa shape index (κ2) is 23.2. The number of aromatic nitrogens is 1. The maximum atomic E-state index is 14.6. The van der Waals surface area contributed by atoms with Crippen LogP contribution in [0.5, 0.6) is 0 Å². The third-order valence-electron chi connectivity index (χ3n) is 14.4. The number of likely N-dealkylation sites (tertiary alicyclic amines) is 1. The first-order valence-electron chi connectivity index (χ1n) is 26.2. The van der Waals surface area contributed by atoms with Gasteiger partial charge in [-0.25, -0.2) is 4.98 Å². The molecule has 8 rings (SSSR count). The number of nitrogens with zero attached hydrogens (tertiary/aromatic N) is 2. The molecule has 5 heterocycles. The van der Waals surface area contributed by atoms with E-state index in [1.165, 1.54) is 0 Å². The fourth-order valence-electron chi connectivity index (χ4n) is 11.1. The van der Waals surface area contributed by atoms with Crippen molar-refractivity contribution in [2.24, 2.45) is 17.6 Å². The fourth-order valence-corrected chi connectivity index (χ4v) is 11.1. The van der Waals surface area contributed by atoms with E-state index in [-0.39, 0.29) is 37.6 Å². The molecule has 1 aromatic heterocycles. The Morgan fingerprint density at radius 2 is 1.60 bits per heavy atom. The number of unbranched alkanes of at least 4 members (excludes halogenated alkanes) is 1. The molecule has 0 radical (unpaired) electrons. The fraction of sp³-hybridized carbons (Fsp3) is 0.636. The summed E-state index contributed by atoms with van der Waals surface area (Å²) in [7, 11) is 0. The minimum Gasteiger partial charge on any atom is -0.459 e. The molecule has 4 amide bonds. The number of para-hydroxylation sites is 1. The highest BCUT2D eigenvalue weighted by Crippen LogP contribution is 2.42. The average molecular weight is 1010 g/mol. The van der Waals surface area contributed by atoms with Gasteiger partial charge in [0.2, 0.25) is 17.7 Å². The second-order valence-electron chi connectivity index (χ2n) is 22.4. The molecule has 18 heteroatoms. The van der Waals surface area contributed by atoms with Crippen molar-refractivity contribution in [2.45, 2.75) is 185 Å². The van der Waals surface area contributed by atoms with Gasteiger partial charge in [0, 0.05) is 37.0 Å². The molecule has 1 aliphatic carbocycles. The van der Waals surface area contributed by atoms with Crippen LogP contribution in [0.1, 0.15) is 122 Å². The molecule has 5 fully saturated rings. The molecular formula is C55H76N6O12. The Kier molecular flexibility index (Phi) is 17.2. The van der Waals surface area contributed by atoms with E-state index in [4.69, 9.17) is 38.9 Å². The first-order chi connectivity index (χ1) is 34.7. The highest BCUT2D eigenvalue weighted by atomic mass is 16.8. The van der Waals surface area contributed by atoms with Crippen molar-refractivity contribution in [3.05, 3.63) is 78.0 Å². The Labute approximate surface area is 428 Å². The summed E-state index contributed by atoms with van der Waals surface area (Å²) in [5.74, 6) is -3.70. The zero-order valence-electron chi connectivity index (χ0n) is 43.5. The van der Waals surface area contributed by atoms with E-state index in [1.807, 2.05) is 97.0 Å². The summed E-state index contributed by atoms with van der Waals surface area (Å²) in [6.07, 6.45) is 2.03. The number of primary amides is 1. The van der Waals surface area contributed by atoms with Gasteiger partial charge >= 0.3 is 5.97 Å². The number of hydrogen-bond donors (Lipinski definition) is 4. The Morgan fingerprint density at radius 3 is 2.33 bits per heavy atom. The van der Waals surface area contributed by atoms with Crippen LogP contribution in [0.4, 0.5) is 0 Å². The van der Waals surface area contributed by atoms with E-state index in [1.54, 1.807) is 18.2 Å². The first kappa shape index (κ1) is 54.2. The topological polar surface area (TPSA) is 228 Å². The van der Waals surface area contributed by atoms with Crippen LogP contribution in [0, 0.1) is 11.8 Å². The predicted molar refractivity (Wildman–Crippen MR) is 269 cm³/mol. The number of ether oxygens (including phenoxy) is 7. The van der Waals surface area contributed by atoms with Gasteiger partial charge in [-0.3, -0.25) is 28.9 Å². The van der Waals surface area contributed by atoms with Crippen molar-refractivity contribution >= 4 is 40.5 Å². The van der Waals surface area contributed by atoms with Crippen molar-refractivity contribution in [1.29, 1.82) is 0 Å². The van der Waals surface area contributed by atoms with Gasteiger partial charge in [0.15, 0.2) is 17.9 Å². The van der Waals surface area contributed by atoms with Crippen molar-refractivity contribution in [2.75, 3.05) is 26.3 Å². The van der Waals surface area contributed by atoms with Gasteiger partial charge < -0.3 is 54.8 Å². The van der Waals surface area contributed by atoms with Crippen molar-refractivity contribution in [3.63, 3.8) is 0 Å². The van der Waals surface area contributed by atoms with Crippen LogP contribution in [-0.2, 0) is 58.8 Å². The van der Waals surface area contributed by atoms with Crippen molar-refractivity contribution < 1.29 is 57.1 Å². The Balaban J connectivity index is 1.02.